The Balaban J connectivity index is 0.744. The van der Waals surface area contributed by atoms with Gasteiger partial charge in [-0.3, -0.25) is 28.8 Å². The average molecular weight is 1400 g/mol. The molecule has 3 atom stereocenters. The zero-order valence-corrected chi connectivity index (χ0v) is 57.2. The average Bonchev–Trinajstić information content (AvgIpc) is 1.51. The molecule has 8 N–H and O–H groups in total. The number of esters is 1. The quantitative estimate of drug-likeness (QED) is 0.0122. The molecule has 0 spiro atoms. The Morgan fingerprint density at radius 3 is 1.89 bits per heavy atom. The van der Waals surface area contributed by atoms with Crippen LogP contribution in [0, 0.1) is 30.5 Å². The Morgan fingerprint density at radius 2 is 1.33 bits per heavy atom. The maximum absolute atomic E-state index is 15.0. The van der Waals surface area contributed by atoms with Crippen molar-refractivity contribution in [3.8, 4) is 23.2 Å². The third kappa shape index (κ3) is 25.3. The molecule has 2 aliphatic rings. The number of pyridine rings is 2. The summed E-state index contributed by atoms with van der Waals surface area (Å²) in [6, 6.07) is 2.26. The van der Waals surface area contributed by atoms with Crippen molar-refractivity contribution in [3.05, 3.63) is 80.1 Å². The monoisotopic (exact) mass is 1400 g/mol. The molecule has 0 radical (unpaired) electrons. The van der Waals surface area contributed by atoms with Crippen molar-refractivity contribution >= 4 is 56.2 Å². The van der Waals surface area contributed by atoms with Crippen LogP contribution in [-0.4, -0.2) is 225 Å². The lowest BCUT2D eigenvalue weighted by Gasteiger charge is -2.31. The number of benzene rings is 1. The summed E-state index contributed by atoms with van der Waals surface area (Å²) in [6.45, 7) is 12.0. The van der Waals surface area contributed by atoms with E-state index in [-0.39, 0.29) is 86.7 Å². The fourth-order valence-corrected chi connectivity index (χ4v) is 10.6. The highest BCUT2D eigenvalue weighted by molar-refractivity contribution is 7.90. The molecule has 0 fully saturated rings. The largest absolute Gasteiger partial charge is 0.458 e. The van der Waals surface area contributed by atoms with Gasteiger partial charge in [0.2, 0.25) is 44.5 Å². The fraction of sp³-hybridized carbons (Fsp3) is 0.606. The van der Waals surface area contributed by atoms with Crippen LogP contribution < -0.4 is 37.9 Å². The fourth-order valence-electron chi connectivity index (χ4n) is 10.2. The predicted molar refractivity (Wildman–Crippen MR) is 352 cm³/mol. The third-order valence-electron chi connectivity index (χ3n) is 15.5. The first-order chi connectivity index (χ1) is 47.2. The van der Waals surface area contributed by atoms with E-state index in [9.17, 15) is 47.1 Å². The minimum absolute atomic E-state index is 0.0179. The van der Waals surface area contributed by atoms with Gasteiger partial charge in [0, 0.05) is 67.2 Å². The van der Waals surface area contributed by atoms with Crippen LogP contribution in [0.3, 0.4) is 0 Å². The van der Waals surface area contributed by atoms with Crippen molar-refractivity contribution in [3.63, 3.8) is 0 Å². The number of fused-ring (bicyclic) bond motifs is 5. The third-order valence-corrected chi connectivity index (χ3v) is 16.4. The molecule has 98 heavy (non-hydrogen) atoms. The molecule has 1 aromatic carbocycles. The first-order valence-corrected chi connectivity index (χ1v) is 34.7. The number of aliphatic hydroxyl groups is 1. The first-order valence-electron chi connectivity index (χ1n) is 32.8. The molecule has 0 aliphatic carbocycles. The number of nitrogens with two attached hydrogens (primary N) is 1. The van der Waals surface area contributed by atoms with E-state index in [1.165, 1.54) is 23.0 Å². The first kappa shape index (κ1) is 79.5. The van der Waals surface area contributed by atoms with E-state index in [2.05, 4.69) is 48.4 Å². The molecule has 0 saturated heterocycles. The molecule has 0 unspecified atom stereocenters. The number of carbonyl (C=O) groups excluding carboxylic acids is 6. The molecule has 540 valence electrons. The van der Waals surface area contributed by atoms with E-state index < -0.39 is 81.0 Å². The maximum Gasteiger partial charge on any atom is 0.343 e. The molecular weight excluding hydrogens is 1300 g/mol. The van der Waals surface area contributed by atoms with Gasteiger partial charge in [0.05, 0.1) is 153 Å². The normalized spacial score (nSPS) is 14.6. The maximum atomic E-state index is 15.0. The number of aryl methyl sites for hydroxylation is 1. The topological polar surface area (TPSA) is 396 Å². The molecule has 5 heterocycles. The van der Waals surface area contributed by atoms with Gasteiger partial charge in [-0.15, -0.1) is 0 Å². The summed E-state index contributed by atoms with van der Waals surface area (Å²) in [5, 5.41) is 25.2. The number of aromatic nitrogens is 4. The van der Waals surface area contributed by atoms with Crippen molar-refractivity contribution in [1.82, 2.24) is 46.1 Å². The van der Waals surface area contributed by atoms with Crippen LogP contribution in [0.25, 0.3) is 22.3 Å². The molecule has 3 aromatic heterocycles. The Labute approximate surface area is 569 Å². The van der Waals surface area contributed by atoms with Gasteiger partial charge in [-0.25, -0.2) is 32.6 Å². The molecule has 4 aromatic rings. The lowest BCUT2D eigenvalue weighted by atomic mass is 9.86. The van der Waals surface area contributed by atoms with E-state index in [0.29, 0.717) is 177 Å². The van der Waals surface area contributed by atoms with Crippen LogP contribution in [0.5, 0.6) is 0 Å². The standard InChI is InChI=1S/C66H93FN10O20S/c1-6-66(85)51-35-55-60-49(41-77(55)63(83)50(51)42-97-64(66)84)48(47-34-45(4)52(67)36-54(47)74-60)39-70-57(79)40-71-61(81)53(13-10-11-15-68)75-62(82)59(44(2)3)76-58(80)43-96-33-32-95-31-30-94-29-28-93-27-26-92-25-24-91-23-22-90-21-20-89-19-18-88-17-16-69-56(78)14-9-7-8-12-46-37-72-65(73-38-46)98(5,86)87/h34-38,44,53,59,85H,6-7,9-11,13-33,39-43,68H2,1-5H3,(H,69,78)(H,70,79)(H,71,81)(H,75,82)(H,76,80)/t53-,59-,66-/m0/s1. The number of sulfone groups is 1. The summed E-state index contributed by atoms with van der Waals surface area (Å²) in [4.78, 5) is 105. The molecule has 5 amide bonds. The highest BCUT2D eigenvalue weighted by atomic mass is 32.2. The Kier molecular flexibility index (Phi) is 33.9. The van der Waals surface area contributed by atoms with Crippen LogP contribution in [0.1, 0.15) is 99.1 Å². The lowest BCUT2D eigenvalue weighted by Crippen LogP contribution is -2.56. The molecule has 0 bridgehead atoms. The van der Waals surface area contributed by atoms with Gasteiger partial charge in [-0.05, 0) is 74.8 Å². The van der Waals surface area contributed by atoms with Gasteiger partial charge in [0.15, 0.2) is 5.60 Å². The Hall–Kier alpha value is -7.52. The van der Waals surface area contributed by atoms with Crippen molar-refractivity contribution in [2.24, 2.45) is 11.7 Å². The van der Waals surface area contributed by atoms with Crippen LogP contribution >= 0.6 is 0 Å². The summed E-state index contributed by atoms with van der Waals surface area (Å²) in [6.07, 6.45) is 6.24. The van der Waals surface area contributed by atoms with E-state index in [0.717, 1.165) is 6.26 Å². The van der Waals surface area contributed by atoms with Crippen molar-refractivity contribution in [2.75, 3.05) is 145 Å². The van der Waals surface area contributed by atoms with E-state index in [1.54, 1.807) is 39.8 Å². The van der Waals surface area contributed by atoms with Crippen LogP contribution in [0.4, 0.5) is 4.39 Å². The summed E-state index contributed by atoms with van der Waals surface area (Å²) in [5.41, 5.74) is 6.17. The van der Waals surface area contributed by atoms with Gasteiger partial charge in [-0.2, -0.15) is 0 Å². The minimum atomic E-state index is -3.47. The zero-order chi connectivity index (χ0) is 70.9. The van der Waals surface area contributed by atoms with Gasteiger partial charge < -0.3 is 89.4 Å². The second-order valence-electron chi connectivity index (χ2n) is 23.3. The number of nitrogens with zero attached hydrogens (tertiary/aromatic N) is 4. The predicted octanol–water partition coefficient (Wildman–Crippen LogP) is 0.695. The summed E-state index contributed by atoms with van der Waals surface area (Å²) in [5.74, 6) is 1.43. The molecular formula is C66H93FN10O20S. The number of amides is 5. The van der Waals surface area contributed by atoms with Crippen LogP contribution in [0.15, 0.2) is 40.5 Å². The minimum Gasteiger partial charge on any atom is -0.458 e. The van der Waals surface area contributed by atoms with Crippen molar-refractivity contribution in [2.45, 2.75) is 115 Å². The van der Waals surface area contributed by atoms with Gasteiger partial charge in [0.1, 0.15) is 31.1 Å². The second kappa shape index (κ2) is 41.8. The van der Waals surface area contributed by atoms with Gasteiger partial charge in [-0.1, -0.05) is 32.6 Å². The van der Waals surface area contributed by atoms with Gasteiger partial charge in [0.25, 0.3) is 5.56 Å². The van der Waals surface area contributed by atoms with E-state index >= 15 is 4.39 Å². The summed E-state index contributed by atoms with van der Waals surface area (Å²) < 4.78 is 94.2. The number of halogens is 1. The van der Waals surface area contributed by atoms with Gasteiger partial charge >= 0.3 is 5.97 Å². The van der Waals surface area contributed by atoms with E-state index in [4.69, 9.17) is 58.1 Å². The highest BCUT2D eigenvalue weighted by Crippen LogP contribution is 2.40. The van der Waals surface area contributed by atoms with E-state index in [1.807, 2.05) is 0 Å². The Bertz CT molecular complexity index is 3540. The van der Waals surface area contributed by atoms with Crippen LogP contribution in [0.2, 0.25) is 0 Å². The molecule has 30 nitrogen and oxygen atoms in total. The number of cyclic esters (lactones) is 1. The lowest BCUT2D eigenvalue weighted by molar-refractivity contribution is -0.172. The number of hydrogen-bond donors (Lipinski definition) is 7. The number of rotatable bonds is 47. The zero-order valence-electron chi connectivity index (χ0n) is 56.4. The second-order valence-corrected chi connectivity index (χ2v) is 25.2. The highest BCUT2D eigenvalue weighted by Gasteiger charge is 2.45. The SMILES string of the molecule is CC[C@@]1(O)C(=O)OCc2c1cc1n(c2=O)Cc2c-1nc1cc(F)c(C)cc1c2CNC(=O)CNC(=O)[C@H](CCCCN)NC(=O)[C@@H](NC(=O)COCCOCCOCCOCCOCCOCCOCCOCCOCCNC(=O)CCCC#Cc1cnc(S(C)(=O)=O)nc1)C(C)C. The number of nitrogens with one attached hydrogen (secondary N) is 5. The summed E-state index contributed by atoms with van der Waals surface area (Å²) in [7, 11) is -3.47. The Morgan fingerprint density at radius 1 is 0.745 bits per heavy atom. The number of ether oxygens (including phenoxy) is 10. The van der Waals surface area contributed by atoms with Crippen LogP contribution in [-0.2, 0) is 111 Å². The summed E-state index contributed by atoms with van der Waals surface area (Å²) >= 11 is 0. The molecule has 0 saturated carbocycles. The van der Waals surface area contributed by atoms with Crippen molar-refractivity contribution in [1.29, 1.82) is 0 Å². The molecule has 2 aliphatic heterocycles. The number of unbranched alkanes of at least 4 members (excludes halogenated alkanes) is 2. The number of hydrogen-bond acceptors (Lipinski definition) is 24. The number of carbonyl (C=O) groups is 6. The van der Waals surface area contributed by atoms with Crippen molar-refractivity contribution < 1.29 is 94.1 Å². The smallest absolute Gasteiger partial charge is 0.343 e. The molecule has 6 rings (SSSR count). The molecule has 32 heteroatoms.